The standard InChI is InChI=1S/C19H14N2O/c1-22-17-9-6-14(7-10-17)12-16(13-20)19-11-8-15-4-2-3-5-18(15)21-19/h2-12H,1H3/b16-12+. The highest BCUT2D eigenvalue weighted by molar-refractivity contribution is 5.90. The van der Waals surface area contributed by atoms with Crippen LogP contribution in [0.3, 0.4) is 0 Å². The molecule has 0 radical (unpaired) electrons. The molecule has 106 valence electrons. The smallest absolute Gasteiger partial charge is 0.118 e. The summed E-state index contributed by atoms with van der Waals surface area (Å²) < 4.78 is 5.14. The molecule has 0 atom stereocenters. The Hall–Kier alpha value is -3.12. The van der Waals surface area contributed by atoms with Gasteiger partial charge in [-0.25, -0.2) is 4.98 Å². The van der Waals surface area contributed by atoms with Crippen LogP contribution < -0.4 is 4.74 Å². The highest BCUT2D eigenvalue weighted by Gasteiger charge is 2.04. The average molecular weight is 286 g/mol. The second-order valence-electron chi connectivity index (χ2n) is 4.83. The number of rotatable bonds is 3. The number of aromatic nitrogens is 1. The summed E-state index contributed by atoms with van der Waals surface area (Å²) in [7, 11) is 1.63. The zero-order chi connectivity index (χ0) is 15.4. The van der Waals surface area contributed by atoms with Crippen LogP contribution in [0, 0.1) is 11.3 Å². The molecule has 0 aliphatic rings. The molecule has 0 unspecified atom stereocenters. The first kappa shape index (κ1) is 13.8. The lowest BCUT2D eigenvalue weighted by Crippen LogP contribution is -1.89. The average Bonchev–Trinajstić information content (AvgIpc) is 2.59. The molecule has 1 heterocycles. The maximum Gasteiger partial charge on any atom is 0.118 e. The molecular formula is C19H14N2O. The maximum absolute atomic E-state index is 9.43. The predicted molar refractivity (Wildman–Crippen MR) is 88.2 cm³/mol. The number of pyridine rings is 1. The number of allylic oxidation sites excluding steroid dienone is 1. The number of benzene rings is 2. The molecule has 1 aromatic heterocycles. The van der Waals surface area contributed by atoms with Crippen molar-refractivity contribution < 1.29 is 4.74 Å². The highest BCUT2D eigenvalue weighted by Crippen LogP contribution is 2.20. The first-order valence-corrected chi connectivity index (χ1v) is 6.92. The Labute approximate surface area is 129 Å². The molecule has 3 aromatic rings. The molecule has 0 fully saturated rings. The third-order valence-electron chi connectivity index (χ3n) is 3.42. The van der Waals surface area contributed by atoms with E-state index in [0.717, 1.165) is 22.2 Å². The number of hydrogen-bond acceptors (Lipinski definition) is 3. The van der Waals surface area contributed by atoms with Crippen molar-refractivity contribution in [2.75, 3.05) is 7.11 Å². The van der Waals surface area contributed by atoms with Gasteiger partial charge in [0.15, 0.2) is 0 Å². The highest BCUT2D eigenvalue weighted by atomic mass is 16.5. The van der Waals surface area contributed by atoms with Gasteiger partial charge in [-0.1, -0.05) is 36.4 Å². The van der Waals surface area contributed by atoms with E-state index in [-0.39, 0.29) is 0 Å². The number of fused-ring (bicyclic) bond motifs is 1. The van der Waals surface area contributed by atoms with Crippen molar-refractivity contribution in [2.24, 2.45) is 0 Å². The summed E-state index contributed by atoms with van der Waals surface area (Å²) in [5.41, 5.74) is 3.04. The van der Waals surface area contributed by atoms with Gasteiger partial charge < -0.3 is 4.74 Å². The molecule has 0 N–H and O–H groups in total. The van der Waals surface area contributed by atoms with Crippen LogP contribution in [-0.4, -0.2) is 12.1 Å². The lowest BCUT2D eigenvalue weighted by molar-refractivity contribution is 0.415. The summed E-state index contributed by atoms with van der Waals surface area (Å²) in [6, 6.07) is 21.5. The van der Waals surface area contributed by atoms with Gasteiger partial charge in [-0.2, -0.15) is 5.26 Å². The Morgan fingerprint density at radius 2 is 1.82 bits per heavy atom. The summed E-state index contributed by atoms with van der Waals surface area (Å²) in [6.07, 6.45) is 1.83. The van der Waals surface area contributed by atoms with Crippen LogP contribution in [0.4, 0.5) is 0 Å². The number of hydrogen-bond donors (Lipinski definition) is 0. The number of nitrogens with zero attached hydrogens (tertiary/aromatic N) is 2. The fraction of sp³-hybridized carbons (Fsp3) is 0.0526. The predicted octanol–water partition coefficient (Wildman–Crippen LogP) is 4.31. The topological polar surface area (TPSA) is 45.9 Å². The number of ether oxygens (including phenoxy) is 1. The van der Waals surface area contributed by atoms with Crippen molar-refractivity contribution in [2.45, 2.75) is 0 Å². The van der Waals surface area contributed by atoms with Crippen LogP contribution in [-0.2, 0) is 0 Å². The molecule has 22 heavy (non-hydrogen) atoms. The second-order valence-corrected chi connectivity index (χ2v) is 4.83. The lowest BCUT2D eigenvalue weighted by atomic mass is 10.1. The minimum Gasteiger partial charge on any atom is -0.497 e. The Morgan fingerprint density at radius 1 is 1.05 bits per heavy atom. The molecule has 3 heteroatoms. The normalized spacial score (nSPS) is 11.2. The molecule has 0 spiro atoms. The minimum absolute atomic E-state index is 0.538. The van der Waals surface area contributed by atoms with E-state index in [0.29, 0.717) is 11.3 Å². The molecular weight excluding hydrogens is 272 g/mol. The second kappa shape index (κ2) is 6.11. The van der Waals surface area contributed by atoms with Gasteiger partial charge in [0, 0.05) is 5.39 Å². The molecule has 3 nitrogen and oxygen atoms in total. The minimum atomic E-state index is 0.538. The summed E-state index contributed by atoms with van der Waals surface area (Å²) in [4.78, 5) is 4.56. The summed E-state index contributed by atoms with van der Waals surface area (Å²) in [5, 5.41) is 10.5. The van der Waals surface area contributed by atoms with E-state index >= 15 is 0 Å². The van der Waals surface area contributed by atoms with Gasteiger partial charge in [0.1, 0.15) is 11.8 Å². The third kappa shape index (κ3) is 2.82. The molecule has 0 aliphatic carbocycles. The summed E-state index contributed by atoms with van der Waals surface area (Å²) >= 11 is 0. The van der Waals surface area contributed by atoms with E-state index < -0.39 is 0 Å². The van der Waals surface area contributed by atoms with Gasteiger partial charge >= 0.3 is 0 Å². The van der Waals surface area contributed by atoms with Crippen molar-refractivity contribution >= 4 is 22.6 Å². The van der Waals surface area contributed by atoms with E-state index in [2.05, 4.69) is 11.1 Å². The van der Waals surface area contributed by atoms with Crippen molar-refractivity contribution in [3.8, 4) is 11.8 Å². The van der Waals surface area contributed by atoms with Crippen LogP contribution in [0.2, 0.25) is 0 Å². The number of para-hydroxylation sites is 1. The zero-order valence-corrected chi connectivity index (χ0v) is 12.2. The van der Waals surface area contributed by atoms with E-state index in [1.165, 1.54) is 0 Å². The summed E-state index contributed by atoms with van der Waals surface area (Å²) in [6.45, 7) is 0. The SMILES string of the molecule is COc1ccc(/C=C(\C#N)c2ccc3ccccc3n2)cc1. The van der Waals surface area contributed by atoms with Crippen LogP contribution in [0.15, 0.2) is 60.7 Å². The molecule has 2 aromatic carbocycles. The molecule has 3 rings (SSSR count). The van der Waals surface area contributed by atoms with Crippen molar-refractivity contribution in [1.82, 2.24) is 4.98 Å². The molecule has 0 saturated carbocycles. The van der Waals surface area contributed by atoms with E-state index in [1.807, 2.05) is 66.7 Å². The molecule has 0 bridgehead atoms. The van der Waals surface area contributed by atoms with Gasteiger partial charge in [-0.05, 0) is 35.9 Å². The van der Waals surface area contributed by atoms with Crippen molar-refractivity contribution in [3.05, 3.63) is 71.9 Å². The van der Waals surface area contributed by atoms with E-state index in [1.54, 1.807) is 7.11 Å². The van der Waals surface area contributed by atoms with Gasteiger partial charge in [-0.3, -0.25) is 0 Å². The van der Waals surface area contributed by atoms with E-state index in [9.17, 15) is 5.26 Å². The Morgan fingerprint density at radius 3 is 2.55 bits per heavy atom. The van der Waals surface area contributed by atoms with Gasteiger partial charge in [-0.15, -0.1) is 0 Å². The number of nitriles is 1. The van der Waals surface area contributed by atoms with Crippen LogP contribution in [0.25, 0.3) is 22.6 Å². The first-order valence-electron chi connectivity index (χ1n) is 6.92. The van der Waals surface area contributed by atoms with Crippen molar-refractivity contribution in [3.63, 3.8) is 0 Å². The molecule has 0 amide bonds. The van der Waals surface area contributed by atoms with Crippen LogP contribution in [0.1, 0.15) is 11.3 Å². The number of methoxy groups -OCH3 is 1. The monoisotopic (exact) mass is 286 g/mol. The van der Waals surface area contributed by atoms with Crippen LogP contribution >= 0.6 is 0 Å². The van der Waals surface area contributed by atoms with Gasteiger partial charge in [0.25, 0.3) is 0 Å². The Bertz CT molecular complexity index is 874. The van der Waals surface area contributed by atoms with Crippen LogP contribution in [0.5, 0.6) is 5.75 Å². The Kier molecular flexibility index (Phi) is 3.84. The van der Waals surface area contributed by atoms with Gasteiger partial charge in [0.05, 0.1) is 23.9 Å². The fourth-order valence-electron chi connectivity index (χ4n) is 2.25. The first-order chi connectivity index (χ1) is 10.8. The fourth-order valence-corrected chi connectivity index (χ4v) is 2.25. The summed E-state index contributed by atoms with van der Waals surface area (Å²) in [5.74, 6) is 0.791. The quantitative estimate of drug-likeness (QED) is 0.674. The maximum atomic E-state index is 9.43. The van der Waals surface area contributed by atoms with Crippen molar-refractivity contribution in [1.29, 1.82) is 5.26 Å². The third-order valence-corrected chi connectivity index (χ3v) is 3.42. The lowest BCUT2D eigenvalue weighted by Gasteiger charge is -2.03. The molecule has 0 saturated heterocycles. The van der Waals surface area contributed by atoms with E-state index in [4.69, 9.17) is 4.74 Å². The zero-order valence-electron chi connectivity index (χ0n) is 12.2. The van der Waals surface area contributed by atoms with Gasteiger partial charge in [0.2, 0.25) is 0 Å². The Balaban J connectivity index is 2.01. The molecule has 0 aliphatic heterocycles. The largest absolute Gasteiger partial charge is 0.497 e.